The second-order valence-electron chi connectivity index (χ2n) is 6.59. The Morgan fingerprint density at radius 3 is 2.35 bits per heavy atom. The summed E-state index contributed by atoms with van der Waals surface area (Å²) in [5, 5.41) is 0. The molecule has 3 heterocycles. The highest BCUT2D eigenvalue weighted by Crippen LogP contribution is 2.26. The van der Waals surface area contributed by atoms with Gasteiger partial charge in [0.1, 0.15) is 11.6 Å². The maximum absolute atomic E-state index is 5.44. The first-order chi connectivity index (χ1) is 12.7. The first-order valence-electron chi connectivity index (χ1n) is 8.90. The number of ether oxygens (including phenoxy) is 1. The topological polar surface area (TPSA) is 51.1 Å². The second kappa shape index (κ2) is 7.22. The maximum Gasteiger partial charge on any atom is 0.133 e. The average molecular weight is 346 g/mol. The van der Waals surface area contributed by atoms with Crippen LogP contribution in [0.5, 0.6) is 0 Å². The van der Waals surface area contributed by atoms with Crippen molar-refractivity contribution in [2.75, 3.05) is 31.2 Å². The van der Waals surface area contributed by atoms with Gasteiger partial charge in [0, 0.05) is 42.7 Å². The summed E-state index contributed by atoms with van der Waals surface area (Å²) >= 11 is 0. The number of hydrogen-bond donors (Lipinski definition) is 0. The Morgan fingerprint density at radius 2 is 1.58 bits per heavy atom. The minimum absolute atomic E-state index is 0.739. The number of hydrogen-bond acceptors (Lipinski definition) is 5. The molecule has 0 bridgehead atoms. The van der Waals surface area contributed by atoms with Gasteiger partial charge in [-0.1, -0.05) is 29.8 Å². The molecule has 4 rings (SSSR count). The van der Waals surface area contributed by atoms with Crippen molar-refractivity contribution in [3.05, 3.63) is 60.2 Å². The number of rotatable bonds is 3. The van der Waals surface area contributed by atoms with E-state index >= 15 is 0 Å². The predicted molar refractivity (Wildman–Crippen MR) is 103 cm³/mol. The van der Waals surface area contributed by atoms with Crippen LogP contribution >= 0.6 is 0 Å². The van der Waals surface area contributed by atoms with E-state index in [0.29, 0.717) is 0 Å². The summed E-state index contributed by atoms with van der Waals surface area (Å²) < 4.78 is 5.44. The summed E-state index contributed by atoms with van der Waals surface area (Å²) in [6.07, 6.45) is 3.76. The van der Waals surface area contributed by atoms with Gasteiger partial charge in [0.05, 0.1) is 18.9 Å². The molecule has 132 valence electrons. The summed E-state index contributed by atoms with van der Waals surface area (Å²) in [5.41, 5.74) is 5.40. The van der Waals surface area contributed by atoms with Crippen molar-refractivity contribution in [2.45, 2.75) is 13.8 Å². The van der Waals surface area contributed by atoms with Crippen molar-refractivity contribution in [1.29, 1.82) is 0 Å². The van der Waals surface area contributed by atoms with Crippen LogP contribution in [0, 0.1) is 13.8 Å². The molecule has 26 heavy (non-hydrogen) atoms. The monoisotopic (exact) mass is 346 g/mol. The van der Waals surface area contributed by atoms with Gasteiger partial charge in [-0.15, -0.1) is 0 Å². The molecule has 1 fully saturated rings. The predicted octanol–water partition coefficient (Wildman–Crippen LogP) is 3.66. The molecule has 0 amide bonds. The van der Waals surface area contributed by atoms with Gasteiger partial charge in [-0.2, -0.15) is 0 Å². The summed E-state index contributed by atoms with van der Waals surface area (Å²) in [4.78, 5) is 15.9. The number of benzene rings is 1. The van der Waals surface area contributed by atoms with Crippen molar-refractivity contribution in [3.63, 3.8) is 0 Å². The quantitative estimate of drug-likeness (QED) is 0.724. The minimum atomic E-state index is 0.739. The Kier molecular flexibility index (Phi) is 4.63. The Bertz CT molecular complexity index is 902. The number of aryl methyl sites for hydroxylation is 2. The smallest absolute Gasteiger partial charge is 0.133 e. The van der Waals surface area contributed by atoms with Gasteiger partial charge in [-0.3, -0.25) is 4.98 Å². The Morgan fingerprint density at radius 1 is 0.846 bits per heavy atom. The molecule has 0 saturated carbocycles. The highest BCUT2D eigenvalue weighted by Gasteiger charge is 2.15. The number of nitrogens with zero attached hydrogens (tertiary/aromatic N) is 4. The number of morpholine rings is 1. The molecular weight excluding hydrogens is 324 g/mol. The maximum atomic E-state index is 5.44. The highest BCUT2D eigenvalue weighted by molar-refractivity contribution is 5.71. The minimum Gasteiger partial charge on any atom is -0.378 e. The van der Waals surface area contributed by atoms with E-state index in [-0.39, 0.29) is 0 Å². The largest absolute Gasteiger partial charge is 0.378 e. The Balaban J connectivity index is 1.70. The molecule has 1 saturated heterocycles. The molecular formula is C21H22N4O. The van der Waals surface area contributed by atoms with E-state index in [1.54, 1.807) is 0 Å². The fourth-order valence-electron chi connectivity index (χ4n) is 3.14. The lowest BCUT2D eigenvalue weighted by Gasteiger charge is -2.28. The van der Waals surface area contributed by atoms with Gasteiger partial charge < -0.3 is 9.64 Å². The van der Waals surface area contributed by atoms with E-state index in [2.05, 4.69) is 57.1 Å². The first-order valence-corrected chi connectivity index (χ1v) is 8.90. The van der Waals surface area contributed by atoms with Gasteiger partial charge in [0.25, 0.3) is 0 Å². The molecule has 0 radical (unpaired) electrons. The van der Waals surface area contributed by atoms with E-state index < -0.39 is 0 Å². The third-order valence-corrected chi connectivity index (χ3v) is 4.58. The lowest BCUT2D eigenvalue weighted by molar-refractivity contribution is 0.122. The zero-order chi connectivity index (χ0) is 17.9. The molecule has 0 spiro atoms. The molecule has 3 aromatic rings. The molecule has 0 unspecified atom stereocenters. The SMILES string of the molecule is Cc1ccc(-c2cncc(-c3cc(N4CCOCC4)nc(C)n3)c2)cc1. The molecule has 5 heteroatoms. The van der Waals surface area contributed by atoms with Crippen molar-refractivity contribution < 1.29 is 4.74 Å². The van der Waals surface area contributed by atoms with Crippen LogP contribution in [0.1, 0.15) is 11.4 Å². The zero-order valence-corrected chi connectivity index (χ0v) is 15.1. The first kappa shape index (κ1) is 16.7. The summed E-state index contributed by atoms with van der Waals surface area (Å²) in [6.45, 7) is 7.22. The molecule has 1 aliphatic rings. The molecule has 0 N–H and O–H groups in total. The third kappa shape index (κ3) is 3.58. The number of anilines is 1. The van der Waals surface area contributed by atoms with Crippen LogP contribution < -0.4 is 4.90 Å². The van der Waals surface area contributed by atoms with Crippen LogP contribution in [-0.2, 0) is 4.74 Å². The van der Waals surface area contributed by atoms with E-state index in [1.165, 1.54) is 5.56 Å². The second-order valence-corrected chi connectivity index (χ2v) is 6.59. The molecule has 5 nitrogen and oxygen atoms in total. The Hall–Kier alpha value is -2.79. The number of pyridine rings is 1. The fourth-order valence-corrected chi connectivity index (χ4v) is 3.14. The third-order valence-electron chi connectivity index (χ3n) is 4.58. The van der Waals surface area contributed by atoms with Crippen LogP contribution in [0.4, 0.5) is 5.82 Å². The standard InChI is InChI=1S/C21H22N4O/c1-15-3-5-17(6-4-15)18-11-19(14-22-13-18)20-12-21(24-16(2)23-20)25-7-9-26-10-8-25/h3-6,11-14H,7-10H2,1-2H3. The van der Waals surface area contributed by atoms with E-state index in [4.69, 9.17) is 4.74 Å². The zero-order valence-electron chi connectivity index (χ0n) is 15.1. The lowest BCUT2D eigenvalue weighted by Crippen LogP contribution is -2.36. The Labute approximate surface area is 153 Å². The molecule has 0 aliphatic carbocycles. The normalized spacial score (nSPS) is 14.5. The summed E-state index contributed by atoms with van der Waals surface area (Å²) in [7, 11) is 0. The van der Waals surface area contributed by atoms with E-state index in [0.717, 1.165) is 60.3 Å². The molecule has 0 atom stereocenters. The van der Waals surface area contributed by atoms with Crippen molar-refractivity contribution in [2.24, 2.45) is 0 Å². The van der Waals surface area contributed by atoms with E-state index in [1.807, 2.05) is 25.4 Å². The summed E-state index contributed by atoms with van der Waals surface area (Å²) in [5.74, 6) is 1.72. The van der Waals surface area contributed by atoms with Crippen LogP contribution in [-0.4, -0.2) is 41.3 Å². The fraction of sp³-hybridized carbons (Fsp3) is 0.286. The van der Waals surface area contributed by atoms with Gasteiger partial charge in [0.2, 0.25) is 0 Å². The van der Waals surface area contributed by atoms with Gasteiger partial charge in [0.15, 0.2) is 0 Å². The molecule has 1 aromatic carbocycles. The van der Waals surface area contributed by atoms with Crippen molar-refractivity contribution in [3.8, 4) is 22.4 Å². The van der Waals surface area contributed by atoms with Gasteiger partial charge >= 0.3 is 0 Å². The lowest BCUT2D eigenvalue weighted by atomic mass is 10.0. The van der Waals surface area contributed by atoms with Crippen molar-refractivity contribution in [1.82, 2.24) is 15.0 Å². The van der Waals surface area contributed by atoms with Crippen LogP contribution in [0.2, 0.25) is 0 Å². The summed E-state index contributed by atoms with van der Waals surface area (Å²) in [6, 6.07) is 12.7. The van der Waals surface area contributed by atoms with Crippen LogP contribution in [0.15, 0.2) is 48.8 Å². The van der Waals surface area contributed by atoms with Crippen LogP contribution in [0.3, 0.4) is 0 Å². The number of aromatic nitrogens is 3. The van der Waals surface area contributed by atoms with Crippen LogP contribution in [0.25, 0.3) is 22.4 Å². The highest BCUT2D eigenvalue weighted by atomic mass is 16.5. The van der Waals surface area contributed by atoms with Crippen molar-refractivity contribution >= 4 is 5.82 Å². The average Bonchev–Trinajstić information content (AvgIpc) is 2.69. The molecule has 2 aromatic heterocycles. The molecule has 1 aliphatic heterocycles. The van der Waals surface area contributed by atoms with E-state index in [9.17, 15) is 0 Å². The van der Waals surface area contributed by atoms with Gasteiger partial charge in [-0.25, -0.2) is 9.97 Å². The van der Waals surface area contributed by atoms with Gasteiger partial charge in [-0.05, 0) is 25.5 Å².